The van der Waals surface area contributed by atoms with Crippen molar-refractivity contribution >= 4 is 26.8 Å². The highest BCUT2D eigenvalue weighted by atomic mass is 32.2. The fourth-order valence-corrected chi connectivity index (χ4v) is 5.40. The number of carbonyl (C=O) groups excluding carboxylic acids is 1. The lowest BCUT2D eigenvalue weighted by Crippen LogP contribution is -2.26. The van der Waals surface area contributed by atoms with Gasteiger partial charge in [-0.2, -0.15) is 13.2 Å². The van der Waals surface area contributed by atoms with Crippen molar-refractivity contribution in [2.45, 2.75) is 57.8 Å². The molecule has 10 heteroatoms. The molecule has 0 spiro atoms. The molecule has 1 atom stereocenters. The molecule has 0 aliphatic rings. The summed E-state index contributed by atoms with van der Waals surface area (Å²) in [5.41, 5.74) is 2.66. The average Bonchev–Trinajstić information content (AvgIpc) is 3.23. The van der Waals surface area contributed by atoms with E-state index in [1.54, 1.807) is 43.3 Å². The van der Waals surface area contributed by atoms with Gasteiger partial charge in [-0.3, -0.25) is 4.79 Å². The molecule has 0 unspecified atom stereocenters. The predicted octanol–water partition coefficient (Wildman–Crippen LogP) is 6.59. The molecular formula is C30H32F3N3O3S. The van der Waals surface area contributed by atoms with E-state index in [-0.39, 0.29) is 22.6 Å². The lowest BCUT2D eigenvalue weighted by molar-refractivity contribution is -0.137. The van der Waals surface area contributed by atoms with Crippen LogP contribution in [0.3, 0.4) is 0 Å². The number of imidazole rings is 1. The Morgan fingerprint density at radius 3 is 2.20 bits per heavy atom. The van der Waals surface area contributed by atoms with Gasteiger partial charge >= 0.3 is 6.18 Å². The first-order valence-electron chi connectivity index (χ1n) is 13.1. The lowest BCUT2D eigenvalue weighted by Gasteiger charge is -2.15. The average molecular weight is 572 g/mol. The normalized spacial score (nSPS) is 13.1. The van der Waals surface area contributed by atoms with E-state index in [9.17, 15) is 26.4 Å². The molecule has 4 rings (SSSR count). The SMILES string of the molecule is CCS(=O)(=O)c1ccc([C@@H](C)NC(=O)c2ccc3c(c2)nc(Cc2ccc(C(F)(F)F)cc2)n3CC(C)C)cc1. The van der Waals surface area contributed by atoms with E-state index in [0.29, 0.717) is 41.4 Å². The summed E-state index contributed by atoms with van der Waals surface area (Å²) in [5, 5.41) is 2.95. The number of hydrogen-bond acceptors (Lipinski definition) is 4. The Hall–Kier alpha value is -3.66. The second-order valence-electron chi connectivity index (χ2n) is 10.3. The number of hydrogen-bond donors (Lipinski definition) is 1. The summed E-state index contributed by atoms with van der Waals surface area (Å²) < 4.78 is 65.1. The minimum absolute atomic E-state index is 0.0140. The van der Waals surface area contributed by atoms with Crippen LogP contribution < -0.4 is 5.32 Å². The summed E-state index contributed by atoms with van der Waals surface area (Å²) in [5.74, 6) is 0.713. The minimum atomic E-state index is -4.39. The Bertz CT molecular complexity index is 1610. The number of benzene rings is 3. The van der Waals surface area contributed by atoms with Crippen molar-refractivity contribution in [1.82, 2.24) is 14.9 Å². The molecule has 1 heterocycles. The van der Waals surface area contributed by atoms with Crippen LogP contribution in [0.2, 0.25) is 0 Å². The van der Waals surface area contributed by atoms with Crippen LogP contribution >= 0.6 is 0 Å². The molecular weight excluding hydrogens is 539 g/mol. The van der Waals surface area contributed by atoms with Gasteiger partial charge in [0.25, 0.3) is 5.91 Å². The molecule has 4 aromatic rings. The molecule has 212 valence electrons. The molecule has 0 radical (unpaired) electrons. The Kier molecular flexibility index (Phi) is 8.39. The van der Waals surface area contributed by atoms with Crippen molar-refractivity contribution < 1.29 is 26.4 Å². The zero-order chi connectivity index (χ0) is 29.2. The van der Waals surface area contributed by atoms with E-state index < -0.39 is 21.6 Å². The van der Waals surface area contributed by atoms with Crippen LogP contribution in [0.15, 0.2) is 71.6 Å². The van der Waals surface area contributed by atoms with Gasteiger partial charge in [0, 0.05) is 18.5 Å². The number of halogens is 3. The number of nitrogens with one attached hydrogen (secondary N) is 1. The molecule has 1 N–H and O–H groups in total. The number of carbonyl (C=O) groups is 1. The first-order chi connectivity index (χ1) is 18.8. The van der Waals surface area contributed by atoms with Gasteiger partial charge in [-0.15, -0.1) is 0 Å². The van der Waals surface area contributed by atoms with E-state index in [1.807, 2.05) is 17.6 Å². The van der Waals surface area contributed by atoms with Gasteiger partial charge in [0.15, 0.2) is 9.84 Å². The Balaban J connectivity index is 1.56. The quantitative estimate of drug-likeness (QED) is 0.246. The van der Waals surface area contributed by atoms with Gasteiger partial charge < -0.3 is 9.88 Å². The van der Waals surface area contributed by atoms with E-state index in [1.165, 1.54) is 12.1 Å². The van der Waals surface area contributed by atoms with Gasteiger partial charge in [-0.25, -0.2) is 13.4 Å². The van der Waals surface area contributed by atoms with Gasteiger partial charge in [-0.1, -0.05) is 45.0 Å². The molecule has 0 saturated carbocycles. The Labute approximate surface area is 232 Å². The van der Waals surface area contributed by atoms with Crippen LogP contribution in [0.25, 0.3) is 11.0 Å². The monoisotopic (exact) mass is 571 g/mol. The Morgan fingerprint density at radius 1 is 0.975 bits per heavy atom. The van der Waals surface area contributed by atoms with Crippen molar-refractivity contribution in [3.8, 4) is 0 Å². The molecule has 40 heavy (non-hydrogen) atoms. The van der Waals surface area contributed by atoms with Gasteiger partial charge in [-0.05, 0) is 66.4 Å². The molecule has 0 bridgehead atoms. The second kappa shape index (κ2) is 11.4. The number of amides is 1. The number of nitrogens with zero attached hydrogens (tertiary/aromatic N) is 2. The van der Waals surface area contributed by atoms with Crippen LogP contribution in [-0.4, -0.2) is 29.6 Å². The minimum Gasteiger partial charge on any atom is -0.346 e. The van der Waals surface area contributed by atoms with Crippen LogP contribution in [0, 0.1) is 5.92 Å². The van der Waals surface area contributed by atoms with Gasteiger partial charge in [0.2, 0.25) is 0 Å². The second-order valence-corrected chi connectivity index (χ2v) is 12.6. The zero-order valence-electron chi connectivity index (χ0n) is 22.8. The number of rotatable bonds is 9. The van der Waals surface area contributed by atoms with E-state index in [0.717, 1.165) is 23.2 Å². The summed E-state index contributed by atoms with van der Waals surface area (Å²) in [6.07, 6.45) is -4.04. The standard InChI is InChI=1S/C30H32F3N3O3S/c1-5-40(38,39)25-13-8-22(9-14-25)20(4)34-29(37)23-10-15-27-26(17-23)35-28(36(27)18-19(2)3)16-21-6-11-24(12-7-21)30(31,32)33/h6-15,17,19-20H,5,16,18H2,1-4H3,(H,34,37)/t20-/m1/s1. The topological polar surface area (TPSA) is 81.1 Å². The van der Waals surface area contributed by atoms with E-state index >= 15 is 0 Å². The third-order valence-electron chi connectivity index (χ3n) is 6.75. The van der Waals surface area contributed by atoms with Crippen molar-refractivity contribution in [3.05, 3.63) is 94.8 Å². The molecule has 0 aliphatic heterocycles. The fourth-order valence-electron chi connectivity index (χ4n) is 4.51. The molecule has 0 saturated heterocycles. The molecule has 3 aromatic carbocycles. The van der Waals surface area contributed by atoms with E-state index in [2.05, 4.69) is 19.2 Å². The summed E-state index contributed by atoms with van der Waals surface area (Å²) in [6.45, 7) is 8.22. The van der Waals surface area contributed by atoms with Crippen molar-refractivity contribution in [2.75, 3.05) is 5.75 Å². The van der Waals surface area contributed by atoms with Crippen molar-refractivity contribution in [1.29, 1.82) is 0 Å². The molecule has 0 fully saturated rings. The zero-order valence-corrected chi connectivity index (χ0v) is 23.6. The van der Waals surface area contributed by atoms with Crippen molar-refractivity contribution in [3.63, 3.8) is 0 Å². The number of aromatic nitrogens is 2. The maximum atomic E-state index is 13.1. The van der Waals surface area contributed by atoms with Crippen LogP contribution in [0.4, 0.5) is 13.2 Å². The third-order valence-corrected chi connectivity index (χ3v) is 8.50. The number of fused-ring (bicyclic) bond motifs is 1. The maximum Gasteiger partial charge on any atom is 0.416 e. The highest BCUT2D eigenvalue weighted by Gasteiger charge is 2.30. The molecule has 6 nitrogen and oxygen atoms in total. The highest BCUT2D eigenvalue weighted by Crippen LogP contribution is 2.30. The summed E-state index contributed by atoms with van der Waals surface area (Å²) >= 11 is 0. The highest BCUT2D eigenvalue weighted by molar-refractivity contribution is 7.91. The molecule has 1 aromatic heterocycles. The van der Waals surface area contributed by atoms with Crippen LogP contribution in [0.5, 0.6) is 0 Å². The van der Waals surface area contributed by atoms with E-state index in [4.69, 9.17) is 4.98 Å². The molecule has 0 aliphatic carbocycles. The van der Waals surface area contributed by atoms with Gasteiger partial charge in [0.1, 0.15) is 5.82 Å². The van der Waals surface area contributed by atoms with Crippen LogP contribution in [0.1, 0.15) is 66.6 Å². The largest absolute Gasteiger partial charge is 0.416 e. The number of alkyl halides is 3. The first kappa shape index (κ1) is 29.3. The third kappa shape index (κ3) is 6.55. The van der Waals surface area contributed by atoms with Gasteiger partial charge in [0.05, 0.1) is 33.3 Å². The summed E-state index contributed by atoms with van der Waals surface area (Å²) in [7, 11) is -3.31. The fraction of sp³-hybridized carbons (Fsp3) is 0.333. The lowest BCUT2D eigenvalue weighted by atomic mass is 10.1. The predicted molar refractivity (Wildman–Crippen MR) is 149 cm³/mol. The van der Waals surface area contributed by atoms with Crippen molar-refractivity contribution in [2.24, 2.45) is 5.92 Å². The Morgan fingerprint density at radius 2 is 1.62 bits per heavy atom. The number of sulfone groups is 1. The summed E-state index contributed by atoms with van der Waals surface area (Å²) in [6, 6.07) is 16.5. The first-order valence-corrected chi connectivity index (χ1v) is 14.7. The van der Waals surface area contributed by atoms with Crippen LogP contribution in [-0.2, 0) is 29.0 Å². The molecule has 1 amide bonds. The summed E-state index contributed by atoms with van der Waals surface area (Å²) in [4.78, 5) is 18.1. The maximum absolute atomic E-state index is 13.1. The smallest absolute Gasteiger partial charge is 0.346 e.